The second-order valence-corrected chi connectivity index (χ2v) is 19.5. The fourth-order valence-electron chi connectivity index (χ4n) is 7.49. The van der Waals surface area contributed by atoms with Crippen molar-refractivity contribution in [2.45, 2.75) is 43.6 Å². The molecule has 4 aliphatic heterocycles. The van der Waals surface area contributed by atoms with E-state index in [0.717, 1.165) is 50.2 Å². The number of esters is 2. The monoisotopic (exact) mass is 1240 g/mol. The number of aliphatic imine (C=N–C) groups is 2. The lowest BCUT2D eigenvalue weighted by atomic mass is 9.95. The van der Waals surface area contributed by atoms with Gasteiger partial charge in [0.05, 0.1) is 53.1 Å². The van der Waals surface area contributed by atoms with Gasteiger partial charge in [0.1, 0.15) is 12.1 Å². The van der Waals surface area contributed by atoms with Crippen LogP contribution >= 0.6 is 70.5 Å². The summed E-state index contributed by atoms with van der Waals surface area (Å²) >= 11 is 12.2. The van der Waals surface area contributed by atoms with Crippen LogP contribution in [-0.4, -0.2) is 125 Å². The molecule has 4 aromatic rings. The van der Waals surface area contributed by atoms with E-state index in [4.69, 9.17) is 29.2 Å². The minimum atomic E-state index is -1.09. The third-order valence-electron chi connectivity index (χ3n) is 10.9. The van der Waals surface area contributed by atoms with Crippen molar-refractivity contribution in [3.05, 3.63) is 148 Å². The number of methoxy groups -OCH3 is 2. The van der Waals surface area contributed by atoms with Crippen LogP contribution in [0, 0.1) is 23.3 Å². The summed E-state index contributed by atoms with van der Waals surface area (Å²) in [4.78, 5) is 66.0. The van der Waals surface area contributed by atoms with Gasteiger partial charge in [-0.15, -0.1) is 22.7 Å². The number of carboxylic acids is 2. The zero-order valence-electron chi connectivity index (χ0n) is 38.5. The summed E-state index contributed by atoms with van der Waals surface area (Å²) in [5.74, 6) is -6.66. The van der Waals surface area contributed by atoms with Gasteiger partial charge in [-0.3, -0.25) is 14.9 Å². The number of carbonyl (C=O) groups is 4. The van der Waals surface area contributed by atoms with Crippen molar-refractivity contribution in [1.82, 2.24) is 25.5 Å². The Bertz CT molecular complexity index is 2850. The fraction of sp³-hybridized carbons (Fsp3) is 0.319. The summed E-state index contributed by atoms with van der Waals surface area (Å²) in [5, 5.41) is 28.5. The molecule has 26 heteroatoms. The molecule has 4 N–H and O–H groups in total. The number of morpholine rings is 1. The second-order valence-electron chi connectivity index (χ2n) is 15.6. The van der Waals surface area contributed by atoms with Crippen molar-refractivity contribution in [3.8, 4) is 0 Å². The predicted molar refractivity (Wildman–Crippen MR) is 272 cm³/mol. The molecular formula is C47H44Br3F4N7O10S2. The molecule has 4 aliphatic rings. The molecule has 73 heavy (non-hydrogen) atoms. The number of allylic oxidation sites excluding steroid dienone is 1. The van der Waals surface area contributed by atoms with Crippen molar-refractivity contribution >= 4 is 106 Å². The predicted octanol–water partition coefficient (Wildman–Crippen LogP) is 8.34. The molecule has 0 aliphatic carbocycles. The van der Waals surface area contributed by atoms with E-state index in [1.807, 2.05) is 4.90 Å². The van der Waals surface area contributed by atoms with Crippen molar-refractivity contribution in [2.24, 2.45) is 9.98 Å². The first-order chi connectivity index (χ1) is 35.0. The Labute approximate surface area is 448 Å². The molecule has 0 amide bonds. The number of nitrogens with zero attached hydrogens (tertiary/aromatic N) is 5. The Hall–Kier alpha value is -5.48. The van der Waals surface area contributed by atoms with Crippen LogP contribution < -0.4 is 10.6 Å². The van der Waals surface area contributed by atoms with Gasteiger partial charge >= 0.3 is 23.9 Å². The molecule has 2 aromatic heterocycles. The summed E-state index contributed by atoms with van der Waals surface area (Å²) < 4.78 is 76.5. The third-order valence-corrected chi connectivity index (χ3v) is 14.6. The average Bonchev–Trinajstić information content (AvgIpc) is 4.15. The second kappa shape index (κ2) is 27.2. The lowest BCUT2D eigenvalue weighted by molar-refractivity contribution is -0.137. The number of carbonyl (C=O) groups excluding carboxylic acids is 2. The van der Waals surface area contributed by atoms with Crippen LogP contribution in [0.4, 0.5) is 17.6 Å². The van der Waals surface area contributed by atoms with Crippen LogP contribution in [0.5, 0.6) is 0 Å². The summed E-state index contributed by atoms with van der Waals surface area (Å²) in [6.45, 7) is 2.22. The number of amidine groups is 2. The van der Waals surface area contributed by atoms with Crippen LogP contribution in [0.3, 0.4) is 0 Å². The number of hydrogen-bond donors (Lipinski definition) is 4. The van der Waals surface area contributed by atoms with Gasteiger partial charge in [-0.05, 0) is 86.5 Å². The van der Waals surface area contributed by atoms with Gasteiger partial charge in [-0.25, -0.2) is 46.7 Å². The highest BCUT2D eigenvalue weighted by molar-refractivity contribution is 9.11. The number of aliphatic carboxylic acids is 2. The van der Waals surface area contributed by atoms with E-state index < -0.39 is 65.3 Å². The van der Waals surface area contributed by atoms with Gasteiger partial charge in [0.15, 0.2) is 45.0 Å². The standard InChI is InChI=1S/C23H21BrF2N4O5S.C16H11Br2F2N3O2S.C8H12O3/c1-34-23(33)17-15(11-30-7-8-35-12(10-30)2-5-16(31)32)28-21(22-27-6-9-36-22)29-20(17)13-3-4-14(25)19(26)18(13)24;1-25-16(24)10-9(6-17)22-14(15-21-4-5-26-15)23-13(10)7-2-3-8(19)12(20)11(7)18;9-8(10)5-4-7-3-1-2-6-11-7/h2-6,9,12,20H,7-8,10-11H2,1H3,(H,28,29)(H,31,32);2-5,13H,6H2,1H3,(H,22,23);4-5,7H,1-3,6H2,(H,9,10)/b5-2+;;5-4+/t12-,20+;13-;7-/m100/s1. The van der Waals surface area contributed by atoms with Gasteiger partial charge in [-0.1, -0.05) is 28.1 Å². The molecule has 388 valence electrons. The Morgan fingerprint density at radius 3 is 1.70 bits per heavy atom. The fourth-order valence-corrected chi connectivity index (χ4v) is 10.2. The molecule has 0 spiro atoms. The molecule has 4 atom stereocenters. The Morgan fingerprint density at radius 1 is 0.753 bits per heavy atom. The van der Waals surface area contributed by atoms with Crippen molar-refractivity contribution in [1.29, 1.82) is 0 Å². The number of rotatable bonds is 13. The molecular weight excluding hydrogens is 1200 g/mol. The number of aromatic nitrogens is 2. The average molecular weight is 1250 g/mol. The SMILES string of the molecule is COC(=O)C1=C(CBr)NC(c2nccs2)=N[C@H]1c1ccc(F)c(F)c1Br.COC(=O)C1=C(CN2CCO[C@H](/C=C/C(=O)O)C2)NC(c2nccs2)=N[C@H]1c1ccc(F)c(F)c1Br.O=C(O)/C=C/[C@@H]1CCCCO1. The molecule has 0 bridgehead atoms. The number of nitrogens with one attached hydrogen (secondary N) is 2. The van der Waals surface area contributed by atoms with Crippen LogP contribution in [0.15, 0.2) is 113 Å². The minimum absolute atomic E-state index is 0.0276. The molecule has 2 fully saturated rings. The lowest BCUT2D eigenvalue weighted by Crippen LogP contribution is -2.46. The molecule has 8 rings (SSSR count). The van der Waals surface area contributed by atoms with Gasteiger partial charge in [-0.2, -0.15) is 0 Å². The van der Waals surface area contributed by atoms with E-state index in [2.05, 4.69) is 78.4 Å². The first-order valence-corrected chi connectivity index (χ1v) is 26.2. The van der Waals surface area contributed by atoms with E-state index in [-0.39, 0.29) is 38.3 Å². The van der Waals surface area contributed by atoms with Crippen LogP contribution in [0.1, 0.15) is 52.5 Å². The maximum absolute atomic E-state index is 14.5. The topological polar surface area (TPSA) is 223 Å². The third kappa shape index (κ3) is 14.9. The van der Waals surface area contributed by atoms with Crippen molar-refractivity contribution in [3.63, 3.8) is 0 Å². The molecule has 0 saturated carbocycles. The summed E-state index contributed by atoms with van der Waals surface area (Å²) in [6.07, 6.45) is 11.2. The smallest absolute Gasteiger partial charge is 0.338 e. The molecule has 6 heterocycles. The number of halogens is 7. The van der Waals surface area contributed by atoms with E-state index >= 15 is 0 Å². The Kier molecular flexibility index (Phi) is 21.1. The maximum Gasteiger partial charge on any atom is 0.338 e. The first kappa shape index (κ1) is 56.8. The quantitative estimate of drug-likeness (QED) is 0.0325. The zero-order chi connectivity index (χ0) is 52.8. The van der Waals surface area contributed by atoms with Crippen LogP contribution in [0.2, 0.25) is 0 Å². The number of alkyl halides is 1. The van der Waals surface area contributed by atoms with Crippen molar-refractivity contribution < 1.29 is 65.9 Å². The number of carboxylic acid groups (broad SMARTS) is 2. The number of benzene rings is 2. The van der Waals surface area contributed by atoms with E-state index in [1.165, 1.54) is 55.1 Å². The Balaban J connectivity index is 0.000000204. The van der Waals surface area contributed by atoms with Gasteiger partial charge in [0.25, 0.3) is 0 Å². The van der Waals surface area contributed by atoms with Gasteiger partial charge < -0.3 is 39.8 Å². The van der Waals surface area contributed by atoms with Crippen molar-refractivity contribution in [2.75, 3.05) is 52.4 Å². The van der Waals surface area contributed by atoms with Crippen LogP contribution in [0.25, 0.3) is 0 Å². The summed E-state index contributed by atoms with van der Waals surface area (Å²) in [6, 6.07) is 2.82. The zero-order valence-corrected chi connectivity index (χ0v) is 44.9. The highest BCUT2D eigenvalue weighted by Crippen LogP contribution is 2.40. The number of thiazole rings is 2. The molecule has 2 aromatic carbocycles. The van der Waals surface area contributed by atoms with Gasteiger partial charge in [0.2, 0.25) is 0 Å². The normalized spacial score (nSPS) is 20.2. The van der Waals surface area contributed by atoms with E-state index in [9.17, 15) is 36.7 Å². The molecule has 0 radical (unpaired) electrons. The number of ether oxygens (including phenoxy) is 4. The summed E-state index contributed by atoms with van der Waals surface area (Å²) in [7, 11) is 2.48. The minimum Gasteiger partial charge on any atom is -0.478 e. The lowest BCUT2D eigenvalue weighted by Gasteiger charge is -2.34. The molecule has 0 unspecified atom stereocenters. The molecule has 17 nitrogen and oxygen atoms in total. The highest BCUT2D eigenvalue weighted by atomic mass is 79.9. The van der Waals surface area contributed by atoms with E-state index in [0.29, 0.717) is 63.7 Å². The number of hydrogen-bond acceptors (Lipinski definition) is 17. The highest BCUT2D eigenvalue weighted by Gasteiger charge is 2.37. The van der Waals surface area contributed by atoms with Gasteiger partial charge in [0, 0.05) is 78.3 Å². The largest absolute Gasteiger partial charge is 0.478 e. The summed E-state index contributed by atoms with van der Waals surface area (Å²) in [5.41, 5.74) is 1.85. The molecule has 2 saturated heterocycles. The maximum atomic E-state index is 14.5. The first-order valence-electron chi connectivity index (χ1n) is 21.8. The Morgan fingerprint density at radius 2 is 1.25 bits per heavy atom. The van der Waals surface area contributed by atoms with E-state index in [1.54, 1.807) is 29.2 Å². The van der Waals surface area contributed by atoms with Crippen LogP contribution in [-0.2, 0) is 38.1 Å².